The van der Waals surface area contributed by atoms with Crippen molar-refractivity contribution in [2.24, 2.45) is 0 Å². The van der Waals surface area contributed by atoms with E-state index in [0.29, 0.717) is 36.2 Å². The molecule has 3 heterocycles. The largest absolute Gasteiger partial charge is 0.464 e. The molecule has 220 valence electrons. The van der Waals surface area contributed by atoms with Crippen molar-refractivity contribution in [3.05, 3.63) is 39.8 Å². The van der Waals surface area contributed by atoms with E-state index in [0.717, 1.165) is 59.0 Å². The number of hydrogen-bond donors (Lipinski definition) is 1. The first kappa shape index (κ1) is 30.8. The second-order valence-corrected chi connectivity index (χ2v) is 17.4. The first-order chi connectivity index (χ1) is 18.8. The van der Waals surface area contributed by atoms with E-state index in [1.807, 2.05) is 35.2 Å². The van der Waals surface area contributed by atoms with Gasteiger partial charge in [0, 0.05) is 52.5 Å². The summed E-state index contributed by atoms with van der Waals surface area (Å²) < 4.78 is 21.6. The smallest absolute Gasteiger partial charge is 0.354 e. The zero-order valence-corrected chi connectivity index (χ0v) is 26.9. The summed E-state index contributed by atoms with van der Waals surface area (Å²) in [6.45, 7) is 16.7. The van der Waals surface area contributed by atoms with Crippen LogP contribution in [0.4, 0.5) is 0 Å². The van der Waals surface area contributed by atoms with Gasteiger partial charge < -0.3 is 23.6 Å². The molecule has 0 spiro atoms. The molecule has 4 rings (SSSR count). The fourth-order valence-corrected chi connectivity index (χ4v) is 6.77. The normalized spacial score (nSPS) is 16.6. The molecule has 1 unspecified atom stereocenters. The Hall–Kier alpha value is -2.17. The third-order valence-electron chi connectivity index (χ3n) is 8.65. The van der Waals surface area contributed by atoms with Crippen LogP contribution in [0.3, 0.4) is 0 Å². The van der Waals surface area contributed by atoms with Crippen LogP contribution in [0.25, 0.3) is 22.0 Å². The number of aromatic nitrogens is 3. The summed E-state index contributed by atoms with van der Waals surface area (Å²) in [6, 6.07) is 3.81. The predicted molar refractivity (Wildman–Crippen MR) is 162 cm³/mol. The van der Waals surface area contributed by atoms with Crippen LogP contribution in [-0.2, 0) is 27.1 Å². The lowest BCUT2D eigenvalue weighted by atomic mass is 9.97. The van der Waals surface area contributed by atoms with E-state index in [-0.39, 0.29) is 17.9 Å². The standard InChI is InChI=1S/C30H44ClN3O5Si/c1-19-25-23(33(28(19)29(36)37-6)15-11-17-39-40(7,8)30(3,4)5)14-13-21(31)27(25)26-20(2)34(32-22(26)18-35)24-12-9-10-16-38-24/h13-14,24,35H,9-12,15-18H2,1-8H3. The van der Waals surface area contributed by atoms with Gasteiger partial charge in [0.25, 0.3) is 0 Å². The van der Waals surface area contributed by atoms with Crippen LogP contribution in [0.5, 0.6) is 0 Å². The zero-order valence-electron chi connectivity index (χ0n) is 25.2. The summed E-state index contributed by atoms with van der Waals surface area (Å²) >= 11 is 6.91. The molecule has 0 amide bonds. The maximum Gasteiger partial charge on any atom is 0.354 e. The predicted octanol–water partition coefficient (Wildman–Crippen LogP) is 7.16. The van der Waals surface area contributed by atoms with Crippen LogP contribution in [-0.4, -0.2) is 54.1 Å². The first-order valence-electron chi connectivity index (χ1n) is 14.2. The number of aliphatic hydroxyl groups excluding tert-OH is 1. The molecule has 40 heavy (non-hydrogen) atoms. The number of benzene rings is 1. The van der Waals surface area contributed by atoms with Gasteiger partial charge in [-0.15, -0.1) is 0 Å². The monoisotopic (exact) mass is 589 g/mol. The van der Waals surface area contributed by atoms with Crippen molar-refractivity contribution >= 4 is 36.8 Å². The van der Waals surface area contributed by atoms with Gasteiger partial charge >= 0.3 is 5.97 Å². The van der Waals surface area contributed by atoms with Crippen molar-refractivity contribution in [3.63, 3.8) is 0 Å². The highest BCUT2D eigenvalue weighted by Gasteiger charge is 2.37. The minimum atomic E-state index is -1.88. The SMILES string of the molecule is COC(=O)c1c(C)c2c(-c3c(CO)nn(C4CCCCO4)c3C)c(Cl)ccc2n1CCCO[Si](C)(C)C(C)(C)C. The van der Waals surface area contributed by atoms with E-state index >= 15 is 0 Å². The molecule has 2 aromatic heterocycles. The fraction of sp³-hybridized carbons (Fsp3) is 0.600. The molecule has 1 aliphatic rings. The molecule has 0 bridgehead atoms. The van der Waals surface area contributed by atoms with E-state index < -0.39 is 14.3 Å². The minimum Gasteiger partial charge on any atom is -0.464 e. The van der Waals surface area contributed by atoms with Crippen LogP contribution in [0.2, 0.25) is 23.2 Å². The molecule has 0 saturated carbocycles. The topological polar surface area (TPSA) is 87.7 Å². The van der Waals surface area contributed by atoms with Crippen molar-refractivity contribution in [3.8, 4) is 11.1 Å². The number of hydrogen-bond acceptors (Lipinski definition) is 6. The number of aliphatic hydroxyl groups is 1. The average Bonchev–Trinajstić information content (AvgIpc) is 3.39. The molecular weight excluding hydrogens is 546 g/mol. The van der Waals surface area contributed by atoms with E-state index in [1.54, 1.807) is 0 Å². The number of halogens is 1. The van der Waals surface area contributed by atoms with Gasteiger partial charge in [0.1, 0.15) is 11.9 Å². The maximum absolute atomic E-state index is 13.1. The number of fused-ring (bicyclic) bond motifs is 1. The molecule has 0 radical (unpaired) electrons. The number of methoxy groups -OCH3 is 1. The van der Waals surface area contributed by atoms with Crippen molar-refractivity contribution in [1.29, 1.82) is 0 Å². The third kappa shape index (κ3) is 5.63. The third-order valence-corrected chi connectivity index (χ3v) is 13.5. The number of carbonyl (C=O) groups is 1. The number of carbonyl (C=O) groups excluding carboxylic acids is 1. The van der Waals surface area contributed by atoms with Gasteiger partial charge in [0.15, 0.2) is 8.32 Å². The Bertz CT molecular complexity index is 1380. The molecule has 10 heteroatoms. The van der Waals surface area contributed by atoms with Crippen molar-refractivity contribution in [1.82, 2.24) is 14.3 Å². The second kappa shape index (κ2) is 12.0. The summed E-state index contributed by atoms with van der Waals surface area (Å²) in [7, 11) is -0.482. The van der Waals surface area contributed by atoms with Crippen molar-refractivity contribution < 1.29 is 23.8 Å². The summed E-state index contributed by atoms with van der Waals surface area (Å²) in [4.78, 5) is 13.1. The number of esters is 1. The lowest BCUT2D eigenvalue weighted by Crippen LogP contribution is -2.41. The van der Waals surface area contributed by atoms with E-state index in [2.05, 4.69) is 33.9 Å². The Balaban J connectivity index is 1.82. The quantitative estimate of drug-likeness (QED) is 0.162. The Morgan fingerprint density at radius 1 is 1.23 bits per heavy atom. The van der Waals surface area contributed by atoms with Crippen LogP contribution < -0.4 is 0 Å². The van der Waals surface area contributed by atoms with Gasteiger partial charge in [0.2, 0.25) is 0 Å². The van der Waals surface area contributed by atoms with Gasteiger partial charge in [-0.25, -0.2) is 9.48 Å². The van der Waals surface area contributed by atoms with Gasteiger partial charge in [-0.05, 0) is 75.4 Å². The minimum absolute atomic E-state index is 0.127. The average molecular weight is 590 g/mol. The number of nitrogens with zero attached hydrogens (tertiary/aromatic N) is 3. The van der Waals surface area contributed by atoms with Crippen LogP contribution in [0, 0.1) is 13.8 Å². The first-order valence-corrected chi connectivity index (χ1v) is 17.5. The van der Waals surface area contributed by atoms with Gasteiger partial charge in [0.05, 0.1) is 19.4 Å². The van der Waals surface area contributed by atoms with Crippen LogP contribution in [0.1, 0.15) is 80.1 Å². The highest BCUT2D eigenvalue weighted by atomic mass is 35.5. The van der Waals surface area contributed by atoms with E-state index in [1.165, 1.54) is 7.11 Å². The van der Waals surface area contributed by atoms with E-state index in [4.69, 9.17) is 30.6 Å². The van der Waals surface area contributed by atoms with Gasteiger partial charge in [-0.3, -0.25) is 0 Å². The lowest BCUT2D eigenvalue weighted by molar-refractivity contribution is -0.0409. The molecule has 1 aliphatic heterocycles. The molecule has 1 N–H and O–H groups in total. The molecular formula is C30H44ClN3O5Si. The molecule has 1 saturated heterocycles. The van der Waals surface area contributed by atoms with Crippen molar-refractivity contribution in [2.75, 3.05) is 20.3 Å². The molecule has 3 aromatic rings. The Morgan fingerprint density at radius 3 is 2.55 bits per heavy atom. The number of rotatable bonds is 9. The zero-order chi connectivity index (χ0) is 29.4. The lowest BCUT2D eigenvalue weighted by Gasteiger charge is -2.36. The number of ether oxygens (including phenoxy) is 2. The molecule has 1 aromatic carbocycles. The second-order valence-electron chi connectivity index (χ2n) is 12.2. The fourth-order valence-electron chi connectivity index (χ4n) is 5.43. The summed E-state index contributed by atoms with van der Waals surface area (Å²) in [5.74, 6) is -0.397. The summed E-state index contributed by atoms with van der Waals surface area (Å²) in [5, 5.41) is 16.6. The Labute approximate surface area is 243 Å². The highest BCUT2D eigenvalue weighted by molar-refractivity contribution is 6.74. The summed E-state index contributed by atoms with van der Waals surface area (Å²) in [6.07, 6.45) is 3.53. The molecule has 8 nitrogen and oxygen atoms in total. The van der Waals surface area contributed by atoms with Crippen LogP contribution in [0.15, 0.2) is 12.1 Å². The molecule has 0 aliphatic carbocycles. The van der Waals surface area contributed by atoms with Gasteiger partial charge in [-0.2, -0.15) is 5.10 Å². The molecule has 1 fully saturated rings. The Morgan fingerprint density at radius 2 is 1.95 bits per heavy atom. The maximum atomic E-state index is 13.1. The van der Waals surface area contributed by atoms with Crippen LogP contribution >= 0.6 is 11.6 Å². The van der Waals surface area contributed by atoms with E-state index in [9.17, 15) is 9.90 Å². The Kier molecular flexibility index (Phi) is 9.21. The summed E-state index contributed by atoms with van der Waals surface area (Å²) in [5.41, 5.74) is 5.13. The van der Waals surface area contributed by atoms with Gasteiger partial charge in [-0.1, -0.05) is 32.4 Å². The number of aryl methyl sites for hydroxylation is 2. The van der Waals surface area contributed by atoms with Crippen molar-refractivity contribution in [2.45, 2.75) is 97.8 Å². The molecule has 1 atom stereocenters. The highest BCUT2D eigenvalue weighted by Crippen LogP contribution is 2.43.